The third-order valence-electron chi connectivity index (χ3n) is 3.66. The molecule has 2 N–H and O–H groups in total. The number of ether oxygens (including phenoxy) is 1. The molecule has 0 unspecified atom stereocenters. The van der Waals surface area contributed by atoms with Gasteiger partial charge in [0.1, 0.15) is 18.0 Å². The van der Waals surface area contributed by atoms with Crippen LogP contribution in [0.25, 0.3) is 10.9 Å². The summed E-state index contributed by atoms with van der Waals surface area (Å²) in [5.41, 5.74) is 6.60. The lowest BCUT2D eigenvalue weighted by atomic mass is 10.1. The van der Waals surface area contributed by atoms with Gasteiger partial charge < -0.3 is 10.5 Å². The molecular formula is C18H14F2N2O2. The second kappa shape index (κ2) is 6.23. The first-order chi connectivity index (χ1) is 11.5. The Kier molecular flexibility index (Phi) is 4.12. The molecule has 1 aromatic heterocycles. The maximum Gasteiger partial charge on any atom is 0.254 e. The maximum atomic E-state index is 14.1. The van der Waals surface area contributed by atoms with Crippen LogP contribution >= 0.6 is 0 Å². The third kappa shape index (κ3) is 2.90. The van der Waals surface area contributed by atoms with Gasteiger partial charge in [0.05, 0.1) is 11.2 Å². The molecule has 1 amide bonds. The van der Waals surface area contributed by atoms with E-state index in [-0.39, 0.29) is 12.4 Å². The summed E-state index contributed by atoms with van der Waals surface area (Å²) in [4.78, 5) is 15.6. The van der Waals surface area contributed by atoms with Crippen LogP contribution in [0.4, 0.5) is 8.78 Å². The summed E-state index contributed by atoms with van der Waals surface area (Å²) in [5, 5.41) is 0.989. The van der Waals surface area contributed by atoms with Crippen molar-refractivity contribution in [3.8, 4) is 5.75 Å². The van der Waals surface area contributed by atoms with Gasteiger partial charge in [-0.15, -0.1) is 0 Å². The molecule has 24 heavy (non-hydrogen) atoms. The van der Waals surface area contributed by atoms with Crippen LogP contribution in [0.5, 0.6) is 5.75 Å². The van der Waals surface area contributed by atoms with Gasteiger partial charge in [-0.3, -0.25) is 4.79 Å². The van der Waals surface area contributed by atoms with Gasteiger partial charge in [-0.2, -0.15) is 0 Å². The fourth-order valence-electron chi connectivity index (χ4n) is 2.44. The smallest absolute Gasteiger partial charge is 0.254 e. The zero-order chi connectivity index (χ0) is 17.3. The number of carbonyl (C=O) groups excluding carboxylic acids is 1. The Hall–Kier alpha value is -3.02. The van der Waals surface area contributed by atoms with Gasteiger partial charge in [0.25, 0.3) is 5.91 Å². The number of rotatable bonds is 4. The van der Waals surface area contributed by atoms with Crippen LogP contribution in [0.2, 0.25) is 0 Å². The number of amides is 1. The minimum absolute atomic E-state index is 0.0228. The Morgan fingerprint density at radius 2 is 1.96 bits per heavy atom. The van der Waals surface area contributed by atoms with Crippen molar-refractivity contribution >= 4 is 16.8 Å². The predicted molar refractivity (Wildman–Crippen MR) is 85.7 cm³/mol. The molecule has 0 fully saturated rings. The number of para-hydroxylation sites is 1. The number of benzene rings is 2. The first-order valence-electron chi connectivity index (χ1n) is 7.23. The molecule has 0 radical (unpaired) electrons. The van der Waals surface area contributed by atoms with Crippen LogP contribution in [-0.4, -0.2) is 10.9 Å². The topological polar surface area (TPSA) is 65.2 Å². The van der Waals surface area contributed by atoms with Gasteiger partial charge in [0.15, 0.2) is 11.6 Å². The van der Waals surface area contributed by atoms with E-state index in [1.165, 1.54) is 0 Å². The molecule has 0 atom stereocenters. The molecule has 0 saturated heterocycles. The number of pyridine rings is 1. The van der Waals surface area contributed by atoms with Gasteiger partial charge in [-0.05, 0) is 30.7 Å². The van der Waals surface area contributed by atoms with Crippen molar-refractivity contribution in [1.82, 2.24) is 4.98 Å². The molecule has 0 spiro atoms. The quantitative estimate of drug-likeness (QED) is 0.797. The zero-order valence-corrected chi connectivity index (χ0v) is 12.8. The number of halogens is 2. The number of aryl methyl sites for hydroxylation is 1. The van der Waals surface area contributed by atoms with Crippen molar-refractivity contribution in [2.75, 3.05) is 0 Å². The number of fused-ring (bicyclic) bond motifs is 1. The SMILES string of the molecule is Cc1cccc2ccc(COc3ccc(F)c(C(N)=O)c3F)nc12. The van der Waals surface area contributed by atoms with E-state index < -0.39 is 23.1 Å². The molecule has 3 aromatic rings. The average molecular weight is 328 g/mol. The van der Waals surface area contributed by atoms with Crippen LogP contribution in [-0.2, 0) is 6.61 Å². The van der Waals surface area contributed by atoms with Gasteiger partial charge in [-0.1, -0.05) is 24.3 Å². The van der Waals surface area contributed by atoms with Crippen molar-refractivity contribution < 1.29 is 18.3 Å². The summed E-state index contributed by atoms with van der Waals surface area (Å²) in [5.74, 6) is -3.57. The molecule has 0 aliphatic carbocycles. The Morgan fingerprint density at radius 1 is 1.17 bits per heavy atom. The van der Waals surface area contributed by atoms with Crippen molar-refractivity contribution in [3.63, 3.8) is 0 Å². The normalized spacial score (nSPS) is 10.8. The van der Waals surface area contributed by atoms with E-state index in [4.69, 9.17) is 10.5 Å². The molecule has 4 nitrogen and oxygen atoms in total. The minimum atomic E-state index is -1.19. The van der Waals surface area contributed by atoms with Crippen molar-refractivity contribution in [1.29, 1.82) is 0 Å². The molecule has 0 aliphatic heterocycles. The van der Waals surface area contributed by atoms with Crippen molar-refractivity contribution in [2.45, 2.75) is 13.5 Å². The molecule has 3 rings (SSSR count). The third-order valence-corrected chi connectivity index (χ3v) is 3.66. The highest BCUT2D eigenvalue weighted by atomic mass is 19.1. The van der Waals surface area contributed by atoms with Gasteiger partial charge in [-0.25, -0.2) is 13.8 Å². The fraction of sp³-hybridized carbons (Fsp3) is 0.111. The standard InChI is InChI=1S/C18H14F2N2O2/c1-10-3-2-4-11-5-6-12(22-17(10)11)9-24-14-8-7-13(19)15(16(14)20)18(21)23/h2-8H,9H2,1H3,(H2,21,23). The summed E-state index contributed by atoms with van der Waals surface area (Å²) in [6.07, 6.45) is 0. The van der Waals surface area contributed by atoms with E-state index in [2.05, 4.69) is 4.98 Å². The van der Waals surface area contributed by atoms with E-state index in [1.807, 2.05) is 31.2 Å². The number of aromatic nitrogens is 1. The molecule has 0 bridgehead atoms. The van der Waals surface area contributed by atoms with E-state index in [0.717, 1.165) is 28.6 Å². The summed E-state index contributed by atoms with van der Waals surface area (Å²) in [6.45, 7) is 1.92. The highest BCUT2D eigenvalue weighted by Crippen LogP contribution is 2.24. The van der Waals surface area contributed by atoms with E-state index >= 15 is 0 Å². The second-order valence-corrected chi connectivity index (χ2v) is 5.34. The van der Waals surface area contributed by atoms with E-state index in [1.54, 1.807) is 6.07 Å². The average Bonchev–Trinajstić information content (AvgIpc) is 2.54. The Labute approximate surface area is 136 Å². The number of primary amides is 1. The van der Waals surface area contributed by atoms with E-state index in [0.29, 0.717) is 5.69 Å². The lowest BCUT2D eigenvalue weighted by Crippen LogP contribution is -2.16. The Morgan fingerprint density at radius 3 is 2.71 bits per heavy atom. The number of carbonyl (C=O) groups is 1. The summed E-state index contributed by atoms with van der Waals surface area (Å²) in [6, 6.07) is 11.5. The van der Waals surface area contributed by atoms with Gasteiger partial charge in [0, 0.05) is 5.39 Å². The largest absolute Gasteiger partial charge is 0.484 e. The van der Waals surface area contributed by atoms with Crippen molar-refractivity contribution in [2.24, 2.45) is 5.73 Å². The van der Waals surface area contributed by atoms with Crippen LogP contribution in [0.1, 0.15) is 21.6 Å². The lowest BCUT2D eigenvalue weighted by molar-refractivity contribution is 0.0991. The summed E-state index contributed by atoms with van der Waals surface area (Å²) < 4.78 is 32.9. The molecule has 122 valence electrons. The molecule has 1 heterocycles. The number of nitrogens with zero attached hydrogens (tertiary/aromatic N) is 1. The molecular weight excluding hydrogens is 314 g/mol. The van der Waals surface area contributed by atoms with Crippen LogP contribution in [0.15, 0.2) is 42.5 Å². The molecule has 2 aromatic carbocycles. The lowest BCUT2D eigenvalue weighted by Gasteiger charge is -2.10. The Balaban J connectivity index is 1.87. The number of hydrogen-bond donors (Lipinski definition) is 1. The second-order valence-electron chi connectivity index (χ2n) is 5.34. The van der Waals surface area contributed by atoms with E-state index in [9.17, 15) is 13.6 Å². The van der Waals surface area contributed by atoms with Gasteiger partial charge >= 0.3 is 0 Å². The Bertz CT molecular complexity index is 942. The molecule has 0 saturated carbocycles. The maximum absolute atomic E-state index is 14.1. The predicted octanol–water partition coefficient (Wildman–Crippen LogP) is 3.50. The van der Waals surface area contributed by atoms with Crippen LogP contribution in [0, 0.1) is 18.6 Å². The summed E-state index contributed by atoms with van der Waals surface area (Å²) >= 11 is 0. The first kappa shape index (κ1) is 15.9. The first-order valence-corrected chi connectivity index (χ1v) is 7.23. The highest BCUT2D eigenvalue weighted by Gasteiger charge is 2.19. The summed E-state index contributed by atoms with van der Waals surface area (Å²) in [7, 11) is 0. The van der Waals surface area contributed by atoms with Gasteiger partial charge in [0.2, 0.25) is 0 Å². The molecule has 6 heteroatoms. The number of nitrogens with two attached hydrogens (primary N) is 1. The minimum Gasteiger partial charge on any atom is -0.484 e. The molecule has 0 aliphatic rings. The van der Waals surface area contributed by atoms with Crippen molar-refractivity contribution in [3.05, 3.63) is 70.9 Å². The van der Waals surface area contributed by atoms with Crippen LogP contribution in [0.3, 0.4) is 0 Å². The highest BCUT2D eigenvalue weighted by molar-refractivity contribution is 5.93. The van der Waals surface area contributed by atoms with Crippen LogP contribution < -0.4 is 10.5 Å². The monoisotopic (exact) mass is 328 g/mol. The number of hydrogen-bond acceptors (Lipinski definition) is 3. The zero-order valence-electron chi connectivity index (χ0n) is 12.8. The fourth-order valence-corrected chi connectivity index (χ4v) is 2.44.